The molecule has 0 saturated carbocycles. The van der Waals surface area contributed by atoms with Gasteiger partial charge in [-0.05, 0) is 42.3 Å². The minimum absolute atomic E-state index is 0.0237. The number of aromatic nitrogens is 3. The Hall–Kier alpha value is -4.62. The molecule has 13 heteroatoms. The molecule has 2 aromatic heterocycles. The van der Waals surface area contributed by atoms with Crippen LogP contribution in [0.25, 0.3) is 16.9 Å². The molecule has 4 aromatic rings. The zero-order valence-electron chi connectivity index (χ0n) is 23.9. The molecule has 11 nitrogen and oxygen atoms in total. The number of fused-ring (bicyclic) bond motifs is 1. The van der Waals surface area contributed by atoms with Crippen LogP contribution < -0.4 is 20.7 Å². The standard InChI is InChI=1S/C30H33F2N7O4/c1-3-18-14-19(4-5-21(18)30(42)35-9-8-25(41)38-12-10-33-20(16-38)17-40)37-28-29-36-15-23(39(29)13-11-34-28)22-6-7-24(43-2)27(32)26(22)31/h4-7,11,13-15,20,33,40H,3,8-10,12,16-17H2,1-2H3,(H,34,37)(H,35,42)/t20-/m0/s1. The molecular weight excluding hydrogens is 560 g/mol. The molecule has 226 valence electrons. The Kier molecular flexibility index (Phi) is 9.12. The van der Waals surface area contributed by atoms with Crippen LogP contribution in [0.2, 0.25) is 0 Å². The monoisotopic (exact) mass is 593 g/mol. The van der Waals surface area contributed by atoms with Crippen LogP contribution in [0.3, 0.4) is 0 Å². The highest BCUT2D eigenvalue weighted by molar-refractivity contribution is 5.96. The van der Waals surface area contributed by atoms with Gasteiger partial charge in [0.1, 0.15) is 0 Å². The average Bonchev–Trinajstić information content (AvgIpc) is 3.47. The molecule has 4 N–H and O–H groups in total. The van der Waals surface area contributed by atoms with E-state index in [-0.39, 0.29) is 48.7 Å². The van der Waals surface area contributed by atoms with Crippen LogP contribution in [0, 0.1) is 11.6 Å². The SMILES string of the molecule is CCc1cc(Nc2nccn3c(-c4ccc(OC)c(F)c4F)cnc23)ccc1C(=O)NCCC(=O)N1CCN[C@H](CO)C1. The van der Waals surface area contributed by atoms with Gasteiger partial charge < -0.3 is 30.7 Å². The first-order chi connectivity index (χ1) is 20.8. The first-order valence-corrected chi connectivity index (χ1v) is 14.0. The highest BCUT2D eigenvalue weighted by Crippen LogP contribution is 2.31. The second-order valence-electron chi connectivity index (χ2n) is 10.1. The van der Waals surface area contributed by atoms with Gasteiger partial charge in [-0.25, -0.2) is 14.4 Å². The number of amides is 2. The summed E-state index contributed by atoms with van der Waals surface area (Å²) < 4.78 is 35.7. The summed E-state index contributed by atoms with van der Waals surface area (Å²) in [7, 11) is 1.27. The number of aryl methyl sites for hydroxylation is 1. The van der Waals surface area contributed by atoms with Crippen LogP contribution in [0.1, 0.15) is 29.3 Å². The van der Waals surface area contributed by atoms with Gasteiger partial charge in [0.15, 0.2) is 23.0 Å². The van der Waals surface area contributed by atoms with E-state index in [1.54, 1.807) is 27.6 Å². The average molecular weight is 594 g/mol. The van der Waals surface area contributed by atoms with E-state index >= 15 is 0 Å². The van der Waals surface area contributed by atoms with Crippen molar-refractivity contribution in [3.8, 4) is 17.0 Å². The number of aliphatic hydroxyl groups excluding tert-OH is 1. The van der Waals surface area contributed by atoms with Gasteiger partial charge in [-0.3, -0.25) is 14.0 Å². The fraction of sp³-hybridized carbons (Fsp3) is 0.333. The number of rotatable bonds is 10. The number of methoxy groups -OCH3 is 1. The number of carbonyl (C=O) groups is 2. The van der Waals surface area contributed by atoms with Crippen LogP contribution in [-0.4, -0.2) is 82.1 Å². The number of benzene rings is 2. The zero-order valence-corrected chi connectivity index (χ0v) is 23.9. The molecule has 0 radical (unpaired) electrons. The summed E-state index contributed by atoms with van der Waals surface area (Å²) in [4.78, 5) is 36.0. The molecule has 1 fully saturated rings. The maximum Gasteiger partial charge on any atom is 0.251 e. The molecule has 2 amide bonds. The van der Waals surface area contributed by atoms with Gasteiger partial charge >= 0.3 is 0 Å². The lowest BCUT2D eigenvalue weighted by atomic mass is 10.0. The van der Waals surface area contributed by atoms with Crippen molar-refractivity contribution in [3.05, 3.63) is 71.7 Å². The Morgan fingerprint density at radius 3 is 2.79 bits per heavy atom. The summed E-state index contributed by atoms with van der Waals surface area (Å²) in [5, 5.41) is 18.5. The molecule has 0 unspecified atom stereocenters. The summed E-state index contributed by atoms with van der Waals surface area (Å²) in [6.45, 7) is 3.72. The Balaban J connectivity index is 1.28. The van der Waals surface area contributed by atoms with E-state index < -0.39 is 11.6 Å². The molecule has 0 bridgehead atoms. The van der Waals surface area contributed by atoms with E-state index in [1.807, 2.05) is 13.0 Å². The molecule has 1 saturated heterocycles. The topological polar surface area (TPSA) is 133 Å². The first kappa shape index (κ1) is 29.9. The van der Waals surface area contributed by atoms with Crippen molar-refractivity contribution in [3.63, 3.8) is 0 Å². The predicted octanol–water partition coefficient (Wildman–Crippen LogP) is 2.90. The number of imidazole rings is 1. The largest absolute Gasteiger partial charge is 0.494 e. The maximum absolute atomic E-state index is 14.8. The van der Waals surface area contributed by atoms with Gasteiger partial charge in [0, 0.05) is 67.8 Å². The van der Waals surface area contributed by atoms with Crippen molar-refractivity contribution in [1.82, 2.24) is 29.9 Å². The van der Waals surface area contributed by atoms with Crippen molar-refractivity contribution >= 4 is 29.0 Å². The van der Waals surface area contributed by atoms with Gasteiger partial charge in [0.2, 0.25) is 11.7 Å². The molecule has 1 aliphatic rings. The Morgan fingerprint density at radius 2 is 2.02 bits per heavy atom. The number of piperazine rings is 1. The van der Waals surface area contributed by atoms with E-state index in [0.29, 0.717) is 54.5 Å². The van der Waals surface area contributed by atoms with Crippen LogP contribution in [0.4, 0.5) is 20.3 Å². The molecule has 0 spiro atoms. The quantitative estimate of drug-likeness (QED) is 0.221. The van der Waals surface area contributed by atoms with Crippen LogP contribution in [-0.2, 0) is 11.2 Å². The predicted molar refractivity (Wildman–Crippen MR) is 156 cm³/mol. The number of anilines is 2. The smallest absolute Gasteiger partial charge is 0.251 e. The second-order valence-corrected chi connectivity index (χ2v) is 10.1. The van der Waals surface area contributed by atoms with Crippen molar-refractivity contribution < 1.29 is 28.2 Å². The fourth-order valence-corrected chi connectivity index (χ4v) is 5.13. The molecule has 1 aliphatic heterocycles. The zero-order chi connectivity index (χ0) is 30.5. The van der Waals surface area contributed by atoms with E-state index in [9.17, 15) is 23.5 Å². The van der Waals surface area contributed by atoms with E-state index in [0.717, 1.165) is 5.56 Å². The number of carbonyl (C=O) groups excluding carboxylic acids is 2. The number of ether oxygens (including phenoxy) is 1. The van der Waals surface area contributed by atoms with Gasteiger partial charge in [-0.15, -0.1) is 0 Å². The molecule has 5 rings (SSSR count). The number of hydrogen-bond donors (Lipinski definition) is 4. The van der Waals surface area contributed by atoms with Crippen molar-refractivity contribution in [2.45, 2.75) is 25.8 Å². The van der Waals surface area contributed by atoms with Crippen molar-refractivity contribution in [2.24, 2.45) is 0 Å². The Bertz CT molecular complexity index is 1640. The second kappa shape index (κ2) is 13.1. The lowest BCUT2D eigenvalue weighted by Gasteiger charge is -2.32. The van der Waals surface area contributed by atoms with Crippen molar-refractivity contribution in [1.29, 1.82) is 0 Å². The number of halogens is 2. The molecule has 1 atom stereocenters. The highest BCUT2D eigenvalue weighted by atomic mass is 19.2. The lowest BCUT2D eigenvalue weighted by molar-refractivity contribution is -0.132. The normalized spacial score (nSPS) is 15.0. The van der Waals surface area contributed by atoms with E-state index in [2.05, 4.69) is 25.9 Å². The van der Waals surface area contributed by atoms with Gasteiger partial charge in [0.05, 0.1) is 25.6 Å². The summed E-state index contributed by atoms with van der Waals surface area (Å²) >= 11 is 0. The van der Waals surface area contributed by atoms with Crippen LogP contribution in [0.15, 0.2) is 48.9 Å². The molecule has 0 aliphatic carbocycles. The number of nitrogens with one attached hydrogen (secondary N) is 3. The third-order valence-corrected chi connectivity index (χ3v) is 7.42. The van der Waals surface area contributed by atoms with Crippen LogP contribution in [0.5, 0.6) is 5.75 Å². The summed E-state index contributed by atoms with van der Waals surface area (Å²) in [6, 6.07) is 7.93. The highest BCUT2D eigenvalue weighted by Gasteiger charge is 2.23. The van der Waals surface area contributed by atoms with Crippen molar-refractivity contribution in [2.75, 3.05) is 45.2 Å². The summed E-state index contributed by atoms with van der Waals surface area (Å²) in [5.74, 6) is -2.28. The lowest BCUT2D eigenvalue weighted by Crippen LogP contribution is -2.54. The molecule has 3 heterocycles. The van der Waals surface area contributed by atoms with Gasteiger partial charge in [0.25, 0.3) is 5.91 Å². The number of nitrogens with zero attached hydrogens (tertiary/aromatic N) is 4. The minimum Gasteiger partial charge on any atom is -0.494 e. The van der Waals surface area contributed by atoms with Gasteiger partial charge in [-0.2, -0.15) is 4.39 Å². The fourth-order valence-electron chi connectivity index (χ4n) is 5.13. The summed E-state index contributed by atoms with van der Waals surface area (Å²) in [6.07, 6.45) is 5.31. The number of aliphatic hydroxyl groups is 1. The van der Waals surface area contributed by atoms with E-state index in [1.165, 1.54) is 31.6 Å². The first-order valence-electron chi connectivity index (χ1n) is 14.0. The number of hydrogen-bond acceptors (Lipinski definition) is 8. The maximum atomic E-state index is 14.8. The van der Waals surface area contributed by atoms with E-state index in [4.69, 9.17) is 4.74 Å². The summed E-state index contributed by atoms with van der Waals surface area (Å²) in [5.41, 5.74) is 2.70. The molecular formula is C30H33F2N7O4. The Morgan fingerprint density at radius 1 is 1.19 bits per heavy atom. The third-order valence-electron chi connectivity index (χ3n) is 7.42. The molecule has 43 heavy (non-hydrogen) atoms. The molecule has 2 aromatic carbocycles. The third kappa shape index (κ3) is 6.27. The minimum atomic E-state index is -1.08. The van der Waals surface area contributed by atoms with Gasteiger partial charge in [-0.1, -0.05) is 6.92 Å². The van der Waals surface area contributed by atoms with Crippen LogP contribution >= 0.6 is 0 Å². The Labute approximate surface area is 246 Å².